The normalized spacial score (nSPS) is 26.8. The molecule has 3 saturated heterocycles. The number of hydrogen-bond donors (Lipinski definition) is 0. The summed E-state index contributed by atoms with van der Waals surface area (Å²) in [5.74, 6) is 0.0119. The first-order valence-corrected chi connectivity index (χ1v) is 13.5. The van der Waals surface area contributed by atoms with E-state index in [-0.39, 0.29) is 35.4 Å². The largest absolute Gasteiger partial charge is 0.376 e. The summed E-state index contributed by atoms with van der Waals surface area (Å²) in [5, 5.41) is 0. The quantitative estimate of drug-likeness (QED) is 0.606. The second kappa shape index (κ2) is 10.6. The topological polar surface area (TPSA) is 70.2 Å². The van der Waals surface area contributed by atoms with Crippen LogP contribution in [0.25, 0.3) is 0 Å². The Balaban J connectivity index is 1.33. The molecule has 2 unspecified atom stereocenters. The number of halogens is 1. The van der Waals surface area contributed by atoms with Crippen molar-refractivity contribution in [1.82, 2.24) is 14.7 Å². The van der Waals surface area contributed by atoms with Gasteiger partial charge in [0, 0.05) is 38.8 Å². The van der Waals surface area contributed by atoms with Gasteiger partial charge in [-0.3, -0.25) is 14.6 Å². The van der Waals surface area contributed by atoms with E-state index in [9.17, 15) is 17.6 Å². The minimum atomic E-state index is -3.06. The summed E-state index contributed by atoms with van der Waals surface area (Å²) in [6, 6.07) is 6.38. The van der Waals surface area contributed by atoms with E-state index < -0.39 is 9.84 Å². The predicted octanol–water partition coefficient (Wildman–Crippen LogP) is 1.53. The fraction of sp³-hybridized carbons (Fsp3) is 0.696. The van der Waals surface area contributed by atoms with Gasteiger partial charge in [-0.2, -0.15) is 0 Å². The van der Waals surface area contributed by atoms with E-state index in [0.717, 1.165) is 57.5 Å². The summed E-state index contributed by atoms with van der Waals surface area (Å²) in [4.78, 5) is 19.6. The van der Waals surface area contributed by atoms with Gasteiger partial charge < -0.3 is 9.64 Å². The van der Waals surface area contributed by atoms with Crippen molar-refractivity contribution in [2.75, 3.05) is 57.4 Å². The highest BCUT2D eigenvalue weighted by atomic mass is 32.2. The summed E-state index contributed by atoms with van der Waals surface area (Å²) in [7, 11) is -3.06. The molecule has 178 valence electrons. The Bertz CT molecular complexity index is 874. The molecule has 0 bridgehead atoms. The maximum atomic E-state index is 13.3. The molecule has 7 nitrogen and oxygen atoms in total. The molecule has 3 heterocycles. The van der Waals surface area contributed by atoms with Gasteiger partial charge in [0.25, 0.3) is 0 Å². The third-order valence-corrected chi connectivity index (χ3v) is 8.50. The van der Waals surface area contributed by atoms with E-state index >= 15 is 0 Å². The molecule has 0 aromatic heterocycles. The van der Waals surface area contributed by atoms with Crippen LogP contribution in [0.1, 0.15) is 31.2 Å². The molecule has 1 amide bonds. The van der Waals surface area contributed by atoms with E-state index in [4.69, 9.17) is 4.74 Å². The van der Waals surface area contributed by atoms with Crippen LogP contribution in [0.4, 0.5) is 4.39 Å². The summed E-state index contributed by atoms with van der Waals surface area (Å²) < 4.78 is 43.0. The molecule has 4 rings (SSSR count). The summed E-state index contributed by atoms with van der Waals surface area (Å²) >= 11 is 0. The zero-order chi connectivity index (χ0) is 22.6. The number of carbonyl (C=O) groups excluding carboxylic acids is 1. The van der Waals surface area contributed by atoms with Crippen molar-refractivity contribution in [2.24, 2.45) is 0 Å². The number of carbonyl (C=O) groups is 1. The van der Waals surface area contributed by atoms with Gasteiger partial charge in [-0.15, -0.1) is 0 Å². The van der Waals surface area contributed by atoms with Crippen LogP contribution in [0, 0.1) is 5.82 Å². The van der Waals surface area contributed by atoms with E-state index in [2.05, 4.69) is 9.80 Å². The van der Waals surface area contributed by atoms with Gasteiger partial charge in [-0.05, 0) is 56.5 Å². The minimum absolute atomic E-state index is 0.00887. The number of rotatable bonds is 7. The molecule has 3 fully saturated rings. The van der Waals surface area contributed by atoms with Gasteiger partial charge in [0.1, 0.15) is 5.82 Å². The van der Waals surface area contributed by atoms with E-state index in [0.29, 0.717) is 26.1 Å². The average Bonchev–Trinajstić information content (AvgIpc) is 3.34. The van der Waals surface area contributed by atoms with Crippen molar-refractivity contribution in [2.45, 2.75) is 44.4 Å². The Morgan fingerprint density at radius 2 is 1.81 bits per heavy atom. The van der Waals surface area contributed by atoms with Crippen LogP contribution in [0.15, 0.2) is 24.3 Å². The fourth-order valence-electron chi connectivity index (χ4n) is 4.95. The van der Waals surface area contributed by atoms with Crippen LogP contribution < -0.4 is 0 Å². The Morgan fingerprint density at radius 1 is 1.06 bits per heavy atom. The lowest BCUT2D eigenvalue weighted by Crippen LogP contribution is -2.49. The van der Waals surface area contributed by atoms with Crippen molar-refractivity contribution < 1.29 is 22.3 Å². The van der Waals surface area contributed by atoms with Crippen LogP contribution >= 0.6 is 0 Å². The van der Waals surface area contributed by atoms with Crippen molar-refractivity contribution >= 4 is 15.7 Å². The second-order valence-corrected chi connectivity index (χ2v) is 11.5. The van der Waals surface area contributed by atoms with Crippen LogP contribution in [0.2, 0.25) is 0 Å². The predicted molar refractivity (Wildman–Crippen MR) is 120 cm³/mol. The van der Waals surface area contributed by atoms with Crippen molar-refractivity contribution in [3.05, 3.63) is 35.6 Å². The van der Waals surface area contributed by atoms with Crippen molar-refractivity contribution in [1.29, 1.82) is 0 Å². The molecule has 3 aliphatic heterocycles. The van der Waals surface area contributed by atoms with Crippen LogP contribution in [0.5, 0.6) is 0 Å². The molecule has 0 saturated carbocycles. The SMILES string of the molecule is O=C(CN1CCCN(Cc2ccc(F)cc2)CC1)N(CC1CCCO1)C1CCS(=O)(=O)C1. The smallest absolute Gasteiger partial charge is 0.237 e. The second-order valence-electron chi connectivity index (χ2n) is 9.27. The molecule has 32 heavy (non-hydrogen) atoms. The number of benzene rings is 1. The highest BCUT2D eigenvalue weighted by Gasteiger charge is 2.36. The Labute approximate surface area is 190 Å². The summed E-state index contributed by atoms with van der Waals surface area (Å²) in [6.45, 7) is 5.68. The van der Waals surface area contributed by atoms with Gasteiger partial charge in [0.2, 0.25) is 5.91 Å². The molecular weight excluding hydrogens is 433 g/mol. The van der Waals surface area contributed by atoms with Gasteiger partial charge >= 0.3 is 0 Å². The van der Waals surface area contributed by atoms with Crippen molar-refractivity contribution in [3.8, 4) is 0 Å². The summed E-state index contributed by atoms with van der Waals surface area (Å²) in [6.07, 6.45) is 3.40. The van der Waals surface area contributed by atoms with Gasteiger partial charge in [-0.25, -0.2) is 12.8 Å². The van der Waals surface area contributed by atoms with E-state index in [1.165, 1.54) is 12.1 Å². The van der Waals surface area contributed by atoms with Crippen LogP contribution in [-0.2, 0) is 25.9 Å². The highest BCUT2D eigenvalue weighted by molar-refractivity contribution is 7.91. The molecule has 9 heteroatoms. The van der Waals surface area contributed by atoms with Crippen LogP contribution in [0.3, 0.4) is 0 Å². The Morgan fingerprint density at radius 3 is 2.50 bits per heavy atom. The average molecular weight is 468 g/mol. The first-order chi connectivity index (χ1) is 15.4. The first-order valence-electron chi connectivity index (χ1n) is 11.7. The standard InChI is InChI=1S/C23H34FN3O4S/c24-20-6-4-19(5-7-20)15-25-9-2-10-26(12-11-25)17-23(28)27(16-22-3-1-13-31-22)21-8-14-32(29,30)18-21/h4-7,21-22H,1-3,8-18H2. The molecular formula is C23H34FN3O4S. The molecule has 1 aromatic rings. The lowest BCUT2D eigenvalue weighted by Gasteiger charge is -2.32. The maximum Gasteiger partial charge on any atom is 0.237 e. The highest BCUT2D eigenvalue weighted by Crippen LogP contribution is 2.22. The van der Waals surface area contributed by atoms with Gasteiger partial charge in [0.05, 0.1) is 24.2 Å². The Hall–Kier alpha value is -1.55. The van der Waals surface area contributed by atoms with Crippen molar-refractivity contribution in [3.63, 3.8) is 0 Å². The molecule has 2 atom stereocenters. The molecule has 0 radical (unpaired) electrons. The van der Waals surface area contributed by atoms with E-state index in [1.807, 2.05) is 12.1 Å². The molecule has 0 spiro atoms. The lowest BCUT2D eigenvalue weighted by atomic mass is 10.1. The maximum absolute atomic E-state index is 13.3. The Kier molecular flexibility index (Phi) is 7.81. The van der Waals surface area contributed by atoms with Gasteiger partial charge in [-0.1, -0.05) is 12.1 Å². The van der Waals surface area contributed by atoms with Gasteiger partial charge in [0.15, 0.2) is 9.84 Å². The number of sulfone groups is 1. The number of nitrogens with zero attached hydrogens (tertiary/aromatic N) is 3. The number of hydrogen-bond acceptors (Lipinski definition) is 6. The third-order valence-electron chi connectivity index (χ3n) is 6.75. The van der Waals surface area contributed by atoms with Crippen LogP contribution in [-0.4, -0.2) is 98.6 Å². The minimum Gasteiger partial charge on any atom is -0.376 e. The zero-order valence-electron chi connectivity index (χ0n) is 18.6. The molecule has 0 aliphatic carbocycles. The lowest BCUT2D eigenvalue weighted by molar-refractivity contribution is -0.136. The first kappa shape index (κ1) is 23.6. The monoisotopic (exact) mass is 467 g/mol. The zero-order valence-corrected chi connectivity index (χ0v) is 19.4. The third kappa shape index (κ3) is 6.50. The fourth-order valence-corrected chi connectivity index (χ4v) is 6.68. The summed E-state index contributed by atoms with van der Waals surface area (Å²) in [5.41, 5.74) is 1.08. The number of ether oxygens (including phenoxy) is 1. The van der Waals surface area contributed by atoms with E-state index in [1.54, 1.807) is 4.90 Å². The number of amides is 1. The molecule has 1 aromatic carbocycles. The molecule has 0 N–H and O–H groups in total. The molecule has 3 aliphatic rings.